The van der Waals surface area contributed by atoms with Crippen molar-refractivity contribution >= 4 is 34.1 Å². The summed E-state index contributed by atoms with van der Waals surface area (Å²) in [7, 11) is 0. The fourth-order valence-electron chi connectivity index (χ4n) is 4.07. The van der Waals surface area contributed by atoms with Gasteiger partial charge in [0, 0.05) is 21.8 Å². The lowest BCUT2D eigenvalue weighted by atomic mass is 9.99. The van der Waals surface area contributed by atoms with Crippen molar-refractivity contribution < 1.29 is 4.79 Å². The van der Waals surface area contributed by atoms with E-state index in [2.05, 4.69) is 37.4 Å². The van der Waals surface area contributed by atoms with Gasteiger partial charge in [0.25, 0.3) is 5.91 Å². The number of benzene rings is 2. The van der Waals surface area contributed by atoms with E-state index >= 15 is 0 Å². The molecule has 138 valence electrons. The van der Waals surface area contributed by atoms with Gasteiger partial charge in [-0.05, 0) is 67.0 Å². The summed E-state index contributed by atoms with van der Waals surface area (Å²) in [6.07, 6.45) is 4.62. The van der Waals surface area contributed by atoms with Crippen LogP contribution in [0.1, 0.15) is 53.0 Å². The molecule has 0 bridgehead atoms. The largest absolute Gasteiger partial charge is 0.321 e. The molecule has 3 nitrogen and oxygen atoms in total. The molecule has 1 aliphatic carbocycles. The molecule has 0 aliphatic heterocycles. The third-order valence-corrected chi connectivity index (χ3v) is 5.67. The third kappa shape index (κ3) is 3.21. The molecule has 27 heavy (non-hydrogen) atoms. The number of carbonyl (C=O) groups is 1. The van der Waals surface area contributed by atoms with Crippen molar-refractivity contribution in [2.45, 2.75) is 46.0 Å². The summed E-state index contributed by atoms with van der Waals surface area (Å²) >= 11 is 6.24. The van der Waals surface area contributed by atoms with E-state index < -0.39 is 0 Å². The molecule has 0 spiro atoms. The van der Waals surface area contributed by atoms with E-state index in [0.29, 0.717) is 5.02 Å². The first kappa shape index (κ1) is 18.0. The lowest BCUT2D eigenvalue weighted by Crippen LogP contribution is -2.18. The lowest BCUT2D eigenvalue weighted by molar-refractivity contribution is 0.102. The summed E-state index contributed by atoms with van der Waals surface area (Å²) in [5.74, 6) is -0.0570. The van der Waals surface area contributed by atoms with Gasteiger partial charge in [-0.15, -0.1) is 0 Å². The minimum atomic E-state index is -0.0570. The first-order valence-corrected chi connectivity index (χ1v) is 10.0. The first-order valence-electron chi connectivity index (χ1n) is 9.65. The monoisotopic (exact) mass is 378 g/mol. The van der Waals surface area contributed by atoms with Crippen molar-refractivity contribution in [3.8, 4) is 0 Å². The Kier molecular flexibility index (Phi) is 4.88. The molecule has 0 saturated heterocycles. The molecule has 1 heterocycles. The predicted octanol–water partition coefficient (Wildman–Crippen LogP) is 5.75. The quantitative estimate of drug-likeness (QED) is 0.627. The number of pyridine rings is 1. The average molecular weight is 379 g/mol. The zero-order chi connectivity index (χ0) is 19.0. The molecule has 0 atom stereocenters. The van der Waals surface area contributed by atoms with Crippen LogP contribution in [0.4, 0.5) is 5.69 Å². The second kappa shape index (κ2) is 7.32. The van der Waals surface area contributed by atoms with E-state index in [1.165, 1.54) is 0 Å². The summed E-state index contributed by atoms with van der Waals surface area (Å²) in [6.45, 7) is 4.23. The van der Waals surface area contributed by atoms with Gasteiger partial charge >= 0.3 is 0 Å². The highest BCUT2D eigenvalue weighted by Crippen LogP contribution is 2.33. The van der Waals surface area contributed by atoms with Crippen molar-refractivity contribution in [3.05, 3.63) is 69.4 Å². The van der Waals surface area contributed by atoms with Gasteiger partial charge in [0.15, 0.2) is 0 Å². The van der Waals surface area contributed by atoms with Crippen LogP contribution in [0.15, 0.2) is 36.4 Å². The molecule has 0 radical (unpaired) electrons. The Morgan fingerprint density at radius 3 is 2.56 bits per heavy atom. The summed E-state index contributed by atoms with van der Waals surface area (Å²) in [6, 6.07) is 11.8. The van der Waals surface area contributed by atoms with Gasteiger partial charge in [0.05, 0.1) is 11.1 Å². The number of aryl methyl sites for hydroxylation is 3. The Bertz CT molecular complexity index is 1020. The summed E-state index contributed by atoms with van der Waals surface area (Å²) < 4.78 is 0. The summed E-state index contributed by atoms with van der Waals surface area (Å²) in [5.41, 5.74) is 6.98. The molecule has 1 aliphatic rings. The number of hydrogen-bond acceptors (Lipinski definition) is 2. The molecule has 4 heteroatoms. The molecule has 3 aromatic rings. The van der Waals surface area contributed by atoms with Crippen LogP contribution in [-0.2, 0) is 25.7 Å². The van der Waals surface area contributed by atoms with Crippen LogP contribution in [0.2, 0.25) is 5.02 Å². The topological polar surface area (TPSA) is 42.0 Å². The van der Waals surface area contributed by atoms with E-state index in [1.54, 1.807) is 0 Å². The van der Waals surface area contributed by atoms with Crippen molar-refractivity contribution in [2.75, 3.05) is 5.32 Å². The Balaban J connectivity index is 1.86. The number of para-hydroxylation sites is 1. The SMILES string of the molecule is CCc1cccc(CC)c1NC(=O)c1c2c(nc3ccc(Cl)cc13)CCC2. The maximum atomic E-state index is 13.5. The van der Waals surface area contributed by atoms with Crippen molar-refractivity contribution in [1.82, 2.24) is 4.98 Å². The van der Waals surface area contributed by atoms with Crippen LogP contribution < -0.4 is 5.32 Å². The third-order valence-electron chi connectivity index (χ3n) is 5.44. The standard InChI is InChI=1S/C23H23ClN2O/c1-3-14-7-5-8-15(4-2)22(14)26-23(27)21-17-9-6-10-19(17)25-20-12-11-16(24)13-18(20)21/h5,7-8,11-13H,3-4,6,9-10H2,1-2H3,(H,26,27). The Labute approximate surface area is 164 Å². The molecule has 0 unspecified atom stereocenters. The summed E-state index contributed by atoms with van der Waals surface area (Å²) in [4.78, 5) is 18.2. The van der Waals surface area contributed by atoms with Gasteiger partial charge < -0.3 is 5.32 Å². The lowest BCUT2D eigenvalue weighted by Gasteiger charge is -2.17. The molecule has 4 rings (SSSR count). The predicted molar refractivity (Wildman–Crippen MR) is 112 cm³/mol. The van der Waals surface area contributed by atoms with Gasteiger partial charge in [0.2, 0.25) is 0 Å². The number of amides is 1. The molecule has 0 fully saturated rings. The zero-order valence-corrected chi connectivity index (χ0v) is 16.5. The molecule has 1 N–H and O–H groups in total. The van der Waals surface area contributed by atoms with Crippen LogP contribution in [0.3, 0.4) is 0 Å². The van der Waals surface area contributed by atoms with Gasteiger partial charge in [-0.2, -0.15) is 0 Å². The highest BCUT2D eigenvalue weighted by atomic mass is 35.5. The highest BCUT2D eigenvalue weighted by Gasteiger charge is 2.24. The van der Waals surface area contributed by atoms with Crippen LogP contribution in [0.25, 0.3) is 10.9 Å². The van der Waals surface area contributed by atoms with Gasteiger partial charge in [-0.25, -0.2) is 0 Å². The fraction of sp³-hybridized carbons (Fsp3) is 0.304. The van der Waals surface area contributed by atoms with Gasteiger partial charge in [-0.1, -0.05) is 43.6 Å². The molecular formula is C23H23ClN2O. The number of nitrogens with one attached hydrogen (secondary N) is 1. The Morgan fingerprint density at radius 1 is 1.11 bits per heavy atom. The van der Waals surface area contributed by atoms with Crippen molar-refractivity contribution in [1.29, 1.82) is 0 Å². The summed E-state index contributed by atoms with van der Waals surface area (Å²) in [5, 5.41) is 4.69. The molecule has 1 amide bonds. The van der Waals surface area contributed by atoms with E-state index in [1.807, 2.05) is 18.2 Å². The maximum Gasteiger partial charge on any atom is 0.256 e. The number of carbonyl (C=O) groups excluding carboxylic acids is 1. The van der Waals surface area contributed by atoms with Crippen LogP contribution in [-0.4, -0.2) is 10.9 Å². The number of hydrogen-bond donors (Lipinski definition) is 1. The minimum Gasteiger partial charge on any atom is -0.321 e. The second-order valence-corrected chi connectivity index (χ2v) is 7.48. The van der Waals surface area contributed by atoms with Crippen LogP contribution >= 0.6 is 11.6 Å². The number of fused-ring (bicyclic) bond motifs is 2. The van der Waals surface area contributed by atoms with Gasteiger partial charge in [0.1, 0.15) is 0 Å². The Hall–Kier alpha value is -2.39. The van der Waals surface area contributed by atoms with E-state index in [0.717, 1.165) is 76.6 Å². The van der Waals surface area contributed by atoms with Gasteiger partial charge in [-0.3, -0.25) is 9.78 Å². The second-order valence-electron chi connectivity index (χ2n) is 7.04. The average Bonchev–Trinajstić information content (AvgIpc) is 3.14. The normalized spacial score (nSPS) is 13.0. The molecule has 2 aromatic carbocycles. The van der Waals surface area contributed by atoms with Crippen molar-refractivity contribution in [3.63, 3.8) is 0 Å². The number of rotatable bonds is 4. The van der Waals surface area contributed by atoms with E-state index in [4.69, 9.17) is 16.6 Å². The number of nitrogens with zero attached hydrogens (tertiary/aromatic N) is 1. The zero-order valence-electron chi connectivity index (χ0n) is 15.7. The van der Waals surface area contributed by atoms with E-state index in [9.17, 15) is 4.79 Å². The molecular weight excluding hydrogens is 356 g/mol. The maximum absolute atomic E-state index is 13.5. The minimum absolute atomic E-state index is 0.0570. The van der Waals surface area contributed by atoms with Crippen LogP contribution in [0.5, 0.6) is 0 Å². The van der Waals surface area contributed by atoms with Crippen LogP contribution in [0, 0.1) is 0 Å². The number of anilines is 1. The van der Waals surface area contributed by atoms with E-state index in [-0.39, 0.29) is 5.91 Å². The molecule has 0 saturated carbocycles. The first-order chi connectivity index (χ1) is 13.1. The number of aromatic nitrogens is 1. The van der Waals surface area contributed by atoms with Crippen molar-refractivity contribution in [2.24, 2.45) is 0 Å². The smallest absolute Gasteiger partial charge is 0.256 e. The highest BCUT2D eigenvalue weighted by molar-refractivity contribution is 6.31. The number of halogens is 1. The molecule has 1 aromatic heterocycles. The Morgan fingerprint density at radius 2 is 1.85 bits per heavy atom. The fourth-order valence-corrected chi connectivity index (χ4v) is 4.25.